The van der Waals surface area contributed by atoms with Crippen LogP contribution in [-0.2, 0) is 0 Å². The summed E-state index contributed by atoms with van der Waals surface area (Å²) in [6.45, 7) is 1.70. The van der Waals surface area contributed by atoms with Gasteiger partial charge in [-0.15, -0.1) is 12.4 Å². The van der Waals surface area contributed by atoms with Gasteiger partial charge >= 0.3 is 0 Å². The Balaban J connectivity index is 0.00000208. The van der Waals surface area contributed by atoms with Gasteiger partial charge < -0.3 is 10.6 Å². The molecule has 1 saturated heterocycles. The van der Waals surface area contributed by atoms with Crippen LogP contribution in [0.1, 0.15) is 23.2 Å². The van der Waals surface area contributed by atoms with Crippen molar-refractivity contribution in [3.05, 3.63) is 58.9 Å². The molecule has 2 aromatic rings. The summed E-state index contributed by atoms with van der Waals surface area (Å²) < 4.78 is 14.3. The molecule has 1 heterocycles. The third-order valence-corrected chi connectivity index (χ3v) is 4.28. The second kappa shape index (κ2) is 8.47. The molecule has 6 heteroatoms. The predicted octanol–water partition coefficient (Wildman–Crippen LogP) is 4.05. The van der Waals surface area contributed by atoms with E-state index in [4.69, 9.17) is 11.6 Å². The van der Waals surface area contributed by atoms with E-state index in [1.807, 2.05) is 12.1 Å². The molecule has 0 unspecified atom stereocenters. The van der Waals surface area contributed by atoms with Crippen molar-refractivity contribution >= 4 is 29.9 Å². The summed E-state index contributed by atoms with van der Waals surface area (Å²) >= 11 is 5.86. The smallest absolute Gasteiger partial charge is 0.254 e. The molecular formula is C18H19Cl2FN2O. The largest absolute Gasteiger partial charge is 0.348 e. The van der Waals surface area contributed by atoms with E-state index in [0.717, 1.165) is 37.1 Å². The van der Waals surface area contributed by atoms with Gasteiger partial charge in [-0.25, -0.2) is 4.39 Å². The average Bonchev–Trinajstić information content (AvgIpc) is 2.56. The number of hydrogen-bond donors (Lipinski definition) is 2. The van der Waals surface area contributed by atoms with E-state index < -0.39 is 5.82 Å². The quantitative estimate of drug-likeness (QED) is 0.857. The van der Waals surface area contributed by atoms with Crippen LogP contribution >= 0.6 is 24.0 Å². The van der Waals surface area contributed by atoms with E-state index in [-0.39, 0.29) is 29.9 Å². The molecule has 1 atom stereocenters. The monoisotopic (exact) mass is 368 g/mol. The minimum Gasteiger partial charge on any atom is -0.348 e. The molecule has 3 nitrogen and oxygen atoms in total. The van der Waals surface area contributed by atoms with Crippen molar-refractivity contribution in [3.63, 3.8) is 0 Å². The normalized spacial score (nSPS) is 17.0. The van der Waals surface area contributed by atoms with Crippen molar-refractivity contribution < 1.29 is 9.18 Å². The van der Waals surface area contributed by atoms with E-state index in [0.29, 0.717) is 5.02 Å². The number of piperidine rings is 1. The first kappa shape index (κ1) is 18.7. The van der Waals surface area contributed by atoms with Crippen LogP contribution in [-0.4, -0.2) is 25.0 Å². The molecule has 3 rings (SSSR count). The number of rotatable bonds is 3. The van der Waals surface area contributed by atoms with Gasteiger partial charge in [-0.05, 0) is 54.8 Å². The van der Waals surface area contributed by atoms with Gasteiger partial charge in [0.25, 0.3) is 5.91 Å². The van der Waals surface area contributed by atoms with Crippen molar-refractivity contribution in [2.24, 2.45) is 0 Å². The molecule has 0 saturated carbocycles. The zero-order valence-corrected chi connectivity index (χ0v) is 14.6. The SMILES string of the molecule is Cl.O=C(N[C@H]1CCCNC1)c1ccc(-c2ccc(Cl)cc2)cc1F. The molecule has 1 aliphatic heterocycles. The van der Waals surface area contributed by atoms with Crippen LogP contribution in [0, 0.1) is 5.82 Å². The maximum atomic E-state index is 14.3. The molecule has 0 aliphatic carbocycles. The van der Waals surface area contributed by atoms with Gasteiger partial charge in [0, 0.05) is 17.6 Å². The highest BCUT2D eigenvalue weighted by Crippen LogP contribution is 2.23. The minimum atomic E-state index is -0.515. The Kier molecular flexibility index (Phi) is 6.60. The molecule has 0 aromatic heterocycles. The van der Waals surface area contributed by atoms with Gasteiger partial charge in [-0.1, -0.05) is 29.8 Å². The highest BCUT2D eigenvalue weighted by atomic mass is 35.5. The van der Waals surface area contributed by atoms with Gasteiger partial charge in [0.1, 0.15) is 5.82 Å². The Morgan fingerprint density at radius 1 is 1.17 bits per heavy atom. The summed E-state index contributed by atoms with van der Waals surface area (Å²) in [5.41, 5.74) is 1.65. The van der Waals surface area contributed by atoms with E-state index >= 15 is 0 Å². The van der Waals surface area contributed by atoms with Gasteiger partial charge in [-0.2, -0.15) is 0 Å². The zero-order chi connectivity index (χ0) is 16.2. The van der Waals surface area contributed by atoms with Crippen LogP contribution < -0.4 is 10.6 Å². The van der Waals surface area contributed by atoms with Crippen molar-refractivity contribution in [3.8, 4) is 11.1 Å². The molecule has 0 spiro atoms. The fourth-order valence-corrected chi connectivity index (χ4v) is 2.89. The summed E-state index contributed by atoms with van der Waals surface area (Å²) in [4.78, 5) is 12.2. The van der Waals surface area contributed by atoms with E-state index in [2.05, 4.69) is 10.6 Å². The average molecular weight is 369 g/mol. The van der Waals surface area contributed by atoms with Crippen LogP contribution in [0.2, 0.25) is 5.02 Å². The van der Waals surface area contributed by atoms with E-state index in [1.165, 1.54) is 12.1 Å². The summed E-state index contributed by atoms with van der Waals surface area (Å²) in [6, 6.07) is 11.9. The highest BCUT2D eigenvalue weighted by molar-refractivity contribution is 6.30. The number of carbonyl (C=O) groups excluding carboxylic acids is 1. The molecular weight excluding hydrogens is 350 g/mol. The number of nitrogens with one attached hydrogen (secondary N) is 2. The standard InChI is InChI=1S/C18H18ClFN2O.ClH/c19-14-6-3-12(4-7-14)13-5-8-16(17(20)10-13)18(23)22-15-2-1-9-21-11-15;/h3-8,10,15,21H,1-2,9,11H2,(H,22,23);1H/t15-;/m0./s1. The van der Waals surface area contributed by atoms with Gasteiger partial charge in [0.15, 0.2) is 0 Å². The highest BCUT2D eigenvalue weighted by Gasteiger charge is 2.18. The van der Waals surface area contributed by atoms with Crippen molar-refractivity contribution in [1.29, 1.82) is 0 Å². The van der Waals surface area contributed by atoms with Gasteiger partial charge in [-0.3, -0.25) is 4.79 Å². The topological polar surface area (TPSA) is 41.1 Å². The van der Waals surface area contributed by atoms with Crippen LogP contribution in [0.15, 0.2) is 42.5 Å². The second-order valence-electron chi connectivity index (χ2n) is 5.72. The molecule has 2 aromatic carbocycles. The number of amides is 1. The van der Waals surface area contributed by atoms with Crippen LogP contribution in [0.25, 0.3) is 11.1 Å². The summed E-state index contributed by atoms with van der Waals surface area (Å²) in [7, 11) is 0. The maximum Gasteiger partial charge on any atom is 0.254 e. The molecule has 0 radical (unpaired) electrons. The zero-order valence-electron chi connectivity index (χ0n) is 13.0. The molecule has 1 aliphatic rings. The maximum absolute atomic E-state index is 14.3. The van der Waals surface area contributed by atoms with Crippen LogP contribution in [0.5, 0.6) is 0 Å². The summed E-state index contributed by atoms with van der Waals surface area (Å²) in [6.07, 6.45) is 1.94. The lowest BCUT2D eigenvalue weighted by Crippen LogP contribution is -2.45. The fraction of sp³-hybridized carbons (Fsp3) is 0.278. The molecule has 1 fully saturated rings. The number of hydrogen-bond acceptors (Lipinski definition) is 2. The van der Waals surface area contributed by atoms with E-state index in [1.54, 1.807) is 18.2 Å². The molecule has 128 valence electrons. The third kappa shape index (κ3) is 4.47. The number of benzene rings is 2. The van der Waals surface area contributed by atoms with Crippen LogP contribution in [0.3, 0.4) is 0 Å². The number of carbonyl (C=O) groups is 1. The summed E-state index contributed by atoms with van der Waals surface area (Å²) in [5.74, 6) is -0.877. The lowest BCUT2D eigenvalue weighted by molar-refractivity contribution is 0.0926. The molecule has 2 N–H and O–H groups in total. The molecule has 1 amide bonds. The Bertz CT molecular complexity index is 701. The summed E-state index contributed by atoms with van der Waals surface area (Å²) in [5, 5.41) is 6.74. The second-order valence-corrected chi connectivity index (χ2v) is 6.15. The van der Waals surface area contributed by atoms with Crippen LogP contribution in [0.4, 0.5) is 4.39 Å². The first-order chi connectivity index (χ1) is 11.1. The van der Waals surface area contributed by atoms with Crippen molar-refractivity contribution in [1.82, 2.24) is 10.6 Å². The Morgan fingerprint density at radius 2 is 1.88 bits per heavy atom. The fourth-order valence-electron chi connectivity index (χ4n) is 2.76. The van der Waals surface area contributed by atoms with E-state index in [9.17, 15) is 9.18 Å². The predicted molar refractivity (Wildman–Crippen MR) is 97.5 cm³/mol. The first-order valence-electron chi connectivity index (χ1n) is 7.70. The molecule has 24 heavy (non-hydrogen) atoms. The Morgan fingerprint density at radius 3 is 2.50 bits per heavy atom. The van der Waals surface area contributed by atoms with Gasteiger partial charge in [0.2, 0.25) is 0 Å². The lowest BCUT2D eigenvalue weighted by atomic mass is 10.0. The lowest BCUT2D eigenvalue weighted by Gasteiger charge is -2.23. The number of halogens is 3. The molecule has 0 bridgehead atoms. The Labute approximate surface area is 152 Å². The first-order valence-corrected chi connectivity index (χ1v) is 8.08. The van der Waals surface area contributed by atoms with Crippen molar-refractivity contribution in [2.45, 2.75) is 18.9 Å². The van der Waals surface area contributed by atoms with Gasteiger partial charge in [0.05, 0.1) is 5.56 Å². The minimum absolute atomic E-state index is 0. The Hall–Kier alpha value is -1.62. The van der Waals surface area contributed by atoms with Crippen molar-refractivity contribution in [2.75, 3.05) is 13.1 Å². The third-order valence-electron chi connectivity index (χ3n) is 4.02.